The van der Waals surface area contributed by atoms with Crippen molar-refractivity contribution in [2.24, 2.45) is 0 Å². The number of hydrogen-bond acceptors (Lipinski definition) is 5. The van der Waals surface area contributed by atoms with Crippen LogP contribution in [-0.4, -0.2) is 73.4 Å². The zero-order valence-electron chi connectivity index (χ0n) is 47.1. The van der Waals surface area contributed by atoms with E-state index in [0.717, 1.165) is 83.5 Å². The lowest BCUT2D eigenvalue weighted by atomic mass is 10.0. The largest absolute Gasteiger partial charge is 0.472 e. The standard InChI is InChI=1S/C63H111N2O6P/c1-6-8-10-12-14-16-18-20-22-24-26-28-30-32-34-36-38-40-42-44-46-48-50-52-54-56-62(66)61(60-71-72(68,69)70-59-58-65(3,4)5)64-63(67)57-55-53-51-49-47-45-43-41-39-37-35-33-31-29-27-25-23-21-19-17-15-13-11-9-7-2/h9,11,15,17,21,23,27,29,33,35,39,41,45-48,54,56,61-62,66H,6-8,10,12-14,16,18-20,22,24-26,28,30-32,34,36-38,40,42-44,49-53,55,57-60H2,1-5H3,(H-,64,67,68,69)/p+1/b11-9-,17-15-,23-21-,29-27-,35-33-,41-39-,47-45-,48-46+,56-54+. The number of nitrogens with one attached hydrogen (secondary N) is 1. The second-order valence-corrected chi connectivity index (χ2v) is 22.1. The van der Waals surface area contributed by atoms with Gasteiger partial charge in [-0.1, -0.05) is 245 Å². The number of allylic oxidation sites excluding steroid dienone is 17. The van der Waals surface area contributed by atoms with Gasteiger partial charge in [0, 0.05) is 6.42 Å². The monoisotopic (exact) mass is 1020 g/mol. The third-order valence-corrected chi connectivity index (χ3v) is 13.5. The summed E-state index contributed by atoms with van der Waals surface area (Å²) in [7, 11) is 1.52. The molecule has 0 fully saturated rings. The minimum absolute atomic E-state index is 0.0432. The van der Waals surface area contributed by atoms with Crippen molar-refractivity contribution in [3.05, 3.63) is 109 Å². The van der Waals surface area contributed by atoms with Gasteiger partial charge in [0.05, 0.1) is 39.9 Å². The Morgan fingerprint density at radius 2 is 0.847 bits per heavy atom. The van der Waals surface area contributed by atoms with Crippen LogP contribution in [0.4, 0.5) is 0 Å². The maximum absolute atomic E-state index is 13.0. The van der Waals surface area contributed by atoms with Crippen LogP contribution < -0.4 is 5.32 Å². The first-order valence-corrected chi connectivity index (χ1v) is 30.8. The van der Waals surface area contributed by atoms with Crippen molar-refractivity contribution in [2.75, 3.05) is 40.9 Å². The first-order valence-electron chi connectivity index (χ1n) is 29.3. The Balaban J connectivity index is 4.36. The van der Waals surface area contributed by atoms with E-state index in [-0.39, 0.29) is 19.1 Å². The van der Waals surface area contributed by atoms with Gasteiger partial charge < -0.3 is 19.8 Å². The minimum Gasteiger partial charge on any atom is -0.387 e. The predicted molar refractivity (Wildman–Crippen MR) is 313 cm³/mol. The molecule has 3 atom stereocenters. The summed E-state index contributed by atoms with van der Waals surface area (Å²) in [5.41, 5.74) is 0. The van der Waals surface area contributed by atoms with Crippen molar-refractivity contribution < 1.29 is 32.9 Å². The van der Waals surface area contributed by atoms with E-state index in [1.165, 1.54) is 122 Å². The normalized spacial score (nSPS) is 14.7. The molecule has 0 aromatic heterocycles. The quantitative estimate of drug-likeness (QED) is 0.0243. The molecule has 8 nitrogen and oxygen atoms in total. The predicted octanol–water partition coefficient (Wildman–Crippen LogP) is 18.0. The highest BCUT2D eigenvalue weighted by molar-refractivity contribution is 7.47. The molecular formula is C63H112N2O6P+. The van der Waals surface area contributed by atoms with E-state index in [0.29, 0.717) is 23.9 Å². The molecular weight excluding hydrogens is 912 g/mol. The molecule has 0 saturated carbocycles. The topological polar surface area (TPSA) is 105 Å². The second-order valence-electron chi connectivity index (χ2n) is 20.6. The molecule has 414 valence electrons. The summed E-state index contributed by atoms with van der Waals surface area (Å²) in [6, 6.07) is -0.891. The number of aliphatic hydroxyl groups excluding tert-OH is 1. The Morgan fingerprint density at radius 3 is 1.28 bits per heavy atom. The minimum atomic E-state index is -4.37. The summed E-state index contributed by atoms with van der Waals surface area (Å²) >= 11 is 0. The van der Waals surface area contributed by atoms with Gasteiger partial charge in [-0.2, -0.15) is 0 Å². The van der Waals surface area contributed by atoms with Gasteiger partial charge in [0.1, 0.15) is 13.2 Å². The zero-order valence-corrected chi connectivity index (χ0v) is 48.0. The van der Waals surface area contributed by atoms with Crippen LogP contribution in [0.2, 0.25) is 0 Å². The van der Waals surface area contributed by atoms with Crippen LogP contribution in [0.25, 0.3) is 0 Å². The third-order valence-electron chi connectivity index (χ3n) is 12.5. The molecule has 72 heavy (non-hydrogen) atoms. The lowest BCUT2D eigenvalue weighted by Crippen LogP contribution is -2.45. The molecule has 0 aliphatic heterocycles. The summed E-state index contributed by atoms with van der Waals surface area (Å²) in [6.07, 6.45) is 77.7. The summed E-state index contributed by atoms with van der Waals surface area (Å²) < 4.78 is 23.7. The van der Waals surface area contributed by atoms with Gasteiger partial charge in [-0.3, -0.25) is 13.8 Å². The average molecular weight is 1020 g/mol. The van der Waals surface area contributed by atoms with Crippen molar-refractivity contribution in [3.8, 4) is 0 Å². The Morgan fingerprint density at radius 1 is 0.486 bits per heavy atom. The smallest absolute Gasteiger partial charge is 0.387 e. The van der Waals surface area contributed by atoms with E-state index in [4.69, 9.17) is 9.05 Å². The van der Waals surface area contributed by atoms with Crippen LogP contribution in [0.1, 0.15) is 232 Å². The summed E-state index contributed by atoms with van der Waals surface area (Å²) in [6.45, 7) is 4.66. The fourth-order valence-electron chi connectivity index (χ4n) is 7.92. The molecule has 9 heteroatoms. The fraction of sp³-hybridized carbons (Fsp3) is 0.698. The summed E-state index contributed by atoms with van der Waals surface area (Å²) in [5, 5.41) is 13.9. The first-order chi connectivity index (χ1) is 35.0. The van der Waals surface area contributed by atoms with Crippen molar-refractivity contribution >= 4 is 13.7 Å². The molecule has 0 bridgehead atoms. The molecule has 0 radical (unpaired) electrons. The number of aliphatic hydroxyl groups is 1. The number of likely N-dealkylation sites (N-methyl/N-ethyl adjacent to an activating group) is 1. The van der Waals surface area contributed by atoms with Crippen LogP contribution >= 0.6 is 7.82 Å². The number of phosphoric ester groups is 1. The lowest BCUT2D eigenvalue weighted by Gasteiger charge is -2.25. The fourth-order valence-corrected chi connectivity index (χ4v) is 8.66. The van der Waals surface area contributed by atoms with E-state index in [2.05, 4.69) is 116 Å². The highest BCUT2D eigenvalue weighted by Gasteiger charge is 2.27. The van der Waals surface area contributed by atoms with Gasteiger partial charge in [-0.15, -0.1) is 0 Å². The Bertz CT molecular complexity index is 1540. The number of nitrogens with zero attached hydrogens (tertiary/aromatic N) is 1. The van der Waals surface area contributed by atoms with Crippen molar-refractivity contribution in [2.45, 2.75) is 244 Å². The lowest BCUT2D eigenvalue weighted by molar-refractivity contribution is -0.870. The Hall–Kier alpha value is -2.84. The maximum Gasteiger partial charge on any atom is 0.472 e. The molecule has 0 spiro atoms. The molecule has 0 aliphatic rings. The number of unbranched alkanes of at least 4 members (excludes halogenated alkanes) is 23. The van der Waals surface area contributed by atoms with Crippen LogP contribution in [-0.2, 0) is 18.4 Å². The van der Waals surface area contributed by atoms with Gasteiger partial charge in [0.15, 0.2) is 0 Å². The molecule has 0 aliphatic carbocycles. The molecule has 3 N–H and O–H groups in total. The molecule has 0 rings (SSSR count). The Kier molecular flexibility index (Phi) is 50.9. The number of quaternary nitrogens is 1. The number of rotatable bonds is 52. The van der Waals surface area contributed by atoms with Crippen molar-refractivity contribution in [1.29, 1.82) is 0 Å². The van der Waals surface area contributed by atoms with E-state index >= 15 is 0 Å². The number of phosphoric acid groups is 1. The Labute approximate surface area is 444 Å². The van der Waals surface area contributed by atoms with Crippen molar-refractivity contribution in [3.63, 3.8) is 0 Å². The van der Waals surface area contributed by atoms with E-state index in [1.807, 2.05) is 27.2 Å². The highest BCUT2D eigenvalue weighted by atomic mass is 31.2. The van der Waals surface area contributed by atoms with E-state index in [9.17, 15) is 19.4 Å². The second kappa shape index (κ2) is 53.0. The van der Waals surface area contributed by atoms with Gasteiger partial charge in [0.2, 0.25) is 5.91 Å². The van der Waals surface area contributed by atoms with Gasteiger partial charge in [0.25, 0.3) is 0 Å². The first kappa shape index (κ1) is 69.2. The number of carbonyl (C=O) groups excluding carboxylic acids is 1. The van der Waals surface area contributed by atoms with E-state index < -0.39 is 20.0 Å². The molecule has 0 saturated heterocycles. The van der Waals surface area contributed by atoms with Gasteiger partial charge >= 0.3 is 7.82 Å². The highest BCUT2D eigenvalue weighted by Crippen LogP contribution is 2.43. The van der Waals surface area contributed by atoms with Crippen LogP contribution in [0.15, 0.2) is 109 Å². The zero-order chi connectivity index (χ0) is 52.7. The SMILES string of the molecule is CC/C=C\C/C=C\C/C=C\C/C=C\C/C=C\C/C=C\C/C=C\CCCCCC(=O)NC(COP(=O)(O)OCC[N+](C)(C)C)C(O)/C=C/CC/C=C/CCCCCCCCCCCCCCCCCCCCC. The van der Waals surface area contributed by atoms with Crippen LogP contribution in [0.5, 0.6) is 0 Å². The average Bonchev–Trinajstić information content (AvgIpc) is 3.34. The molecule has 0 aromatic rings. The molecule has 0 heterocycles. The summed E-state index contributed by atoms with van der Waals surface area (Å²) in [4.78, 5) is 23.3. The van der Waals surface area contributed by atoms with E-state index in [1.54, 1.807) is 6.08 Å². The molecule has 0 aromatic carbocycles. The maximum atomic E-state index is 13.0. The van der Waals surface area contributed by atoms with Crippen LogP contribution in [0.3, 0.4) is 0 Å². The third kappa shape index (κ3) is 54.9. The number of carbonyl (C=O) groups is 1. The molecule has 3 unspecified atom stereocenters. The van der Waals surface area contributed by atoms with Gasteiger partial charge in [-0.25, -0.2) is 4.57 Å². The summed E-state index contributed by atoms with van der Waals surface area (Å²) in [5.74, 6) is -0.222. The van der Waals surface area contributed by atoms with Crippen molar-refractivity contribution in [1.82, 2.24) is 5.32 Å². The number of amides is 1. The molecule has 1 amide bonds. The van der Waals surface area contributed by atoms with Crippen LogP contribution in [0, 0.1) is 0 Å². The van der Waals surface area contributed by atoms with Gasteiger partial charge in [-0.05, 0) is 89.9 Å². The number of hydrogen-bond donors (Lipinski definition) is 3.